The second kappa shape index (κ2) is 9.17. The molecule has 2 amide bonds. The Hall–Kier alpha value is -1.88. The second-order valence-corrected chi connectivity index (χ2v) is 7.71. The molecule has 0 aromatic heterocycles. The zero-order valence-electron chi connectivity index (χ0n) is 15.7. The summed E-state index contributed by atoms with van der Waals surface area (Å²) in [6.45, 7) is 3.50. The van der Waals surface area contributed by atoms with Crippen LogP contribution in [0.2, 0.25) is 0 Å². The minimum Gasteiger partial charge on any atom is -0.352 e. The van der Waals surface area contributed by atoms with Crippen LogP contribution in [0.1, 0.15) is 51.9 Å². The highest BCUT2D eigenvalue weighted by Gasteiger charge is 2.31. The molecule has 1 aromatic rings. The first-order chi connectivity index (χ1) is 12.6. The smallest absolute Gasteiger partial charge is 0.237 e. The predicted octanol–water partition coefficient (Wildman–Crippen LogP) is 3.17. The van der Waals surface area contributed by atoms with Crippen molar-refractivity contribution in [2.45, 2.75) is 64.0 Å². The number of hydrogen-bond acceptors (Lipinski definition) is 3. The average Bonchev–Trinajstić information content (AvgIpc) is 2.69. The van der Waals surface area contributed by atoms with Crippen LogP contribution in [-0.4, -0.2) is 41.9 Å². The van der Waals surface area contributed by atoms with Gasteiger partial charge in [0.2, 0.25) is 11.8 Å². The molecule has 3 rings (SSSR count). The third-order valence-electron chi connectivity index (χ3n) is 5.74. The van der Waals surface area contributed by atoms with Gasteiger partial charge in [-0.25, -0.2) is 0 Å². The first kappa shape index (κ1) is 18.9. The van der Waals surface area contributed by atoms with Crippen LogP contribution in [0, 0.1) is 5.92 Å². The van der Waals surface area contributed by atoms with Crippen LogP contribution in [0.4, 0.5) is 5.69 Å². The molecule has 0 bridgehead atoms. The molecule has 1 saturated carbocycles. The zero-order valence-corrected chi connectivity index (χ0v) is 15.7. The average molecular weight is 357 g/mol. The Labute approximate surface area is 156 Å². The number of nitrogens with one attached hydrogen (secondary N) is 2. The molecule has 2 atom stereocenters. The van der Waals surface area contributed by atoms with Gasteiger partial charge < -0.3 is 10.6 Å². The van der Waals surface area contributed by atoms with E-state index in [0.717, 1.165) is 37.9 Å². The molecule has 0 spiro atoms. The van der Waals surface area contributed by atoms with Gasteiger partial charge in [-0.15, -0.1) is 0 Å². The van der Waals surface area contributed by atoms with Gasteiger partial charge in [0.25, 0.3) is 0 Å². The molecule has 5 heteroatoms. The lowest BCUT2D eigenvalue weighted by Gasteiger charge is -2.36. The molecule has 26 heavy (non-hydrogen) atoms. The van der Waals surface area contributed by atoms with Crippen molar-refractivity contribution in [1.82, 2.24) is 10.2 Å². The zero-order chi connectivity index (χ0) is 18.4. The molecule has 1 aliphatic carbocycles. The Kier molecular flexibility index (Phi) is 6.67. The Morgan fingerprint density at radius 1 is 1.04 bits per heavy atom. The summed E-state index contributed by atoms with van der Waals surface area (Å²) in [4.78, 5) is 27.4. The fraction of sp³-hybridized carbons (Fsp3) is 0.619. The van der Waals surface area contributed by atoms with Gasteiger partial charge in [0.15, 0.2) is 0 Å². The van der Waals surface area contributed by atoms with E-state index in [1.54, 1.807) is 0 Å². The molecule has 1 saturated heterocycles. The summed E-state index contributed by atoms with van der Waals surface area (Å²) >= 11 is 0. The number of likely N-dealkylation sites (tertiary alicyclic amines) is 1. The maximum Gasteiger partial charge on any atom is 0.237 e. The number of hydrogen-bond donors (Lipinski definition) is 2. The van der Waals surface area contributed by atoms with Gasteiger partial charge in [-0.2, -0.15) is 0 Å². The van der Waals surface area contributed by atoms with Gasteiger partial charge in [0, 0.05) is 18.3 Å². The summed E-state index contributed by atoms with van der Waals surface area (Å²) in [6, 6.07) is 9.73. The van der Waals surface area contributed by atoms with E-state index in [4.69, 9.17) is 0 Å². The maximum atomic E-state index is 12.6. The number of carbonyl (C=O) groups excluding carboxylic acids is 2. The highest BCUT2D eigenvalue weighted by molar-refractivity contribution is 5.92. The Balaban J connectivity index is 1.51. The Bertz CT molecular complexity index is 599. The van der Waals surface area contributed by atoms with E-state index >= 15 is 0 Å². The molecule has 1 aliphatic heterocycles. The van der Waals surface area contributed by atoms with E-state index in [2.05, 4.69) is 15.5 Å². The van der Waals surface area contributed by atoms with Gasteiger partial charge in [-0.1, -0.05) is 37.5 Å². The van der Waals surface area contributed by atoms with Crippen molar-refractivity contribution in [1.29, 1.82) is 0 Å². The van der Waals surface area contributed by atoms with Crippen LogP contribution in [0.25, 0.3) is 0 Å². The number of para-hydroxylation sites is 1. The van der Waals surface area contributed by atoms with Gasteiger partial charge >= 0.3 is 0 Å². The van der Waals surface area contributed by atoms with Gasteiger partial charge in [0.05, 0.1) is 12.0 Å². The van der Waals surface area contributed by atoms with Crippen molar-refractivity contribution >= 4 is 17.5 Å². The molecule has 2 N–H and O–H groups in total. The van der Waals surface area contributed by atoms with E-state index in [0.29, 0.717) is 12.6 Å². The van der Waals surface area contributed by atoms with Crippen LogP contribution in [0.3, 0.4) is 0 Å². The number of anilines is 1. The monoisotopic (exact) mass is 357 g/mol. The van der Waals surface area contributed by atoms with Crippen LogP contribution >= 0.6 is 0 Å². The number of nitrogens with zero attached hydrogens (tertiary/aromatic N) is 1. The van der Waals surface area contributed by atoms with E-state index in [9.17, 15) is 9.59 Å². The molecule has 1 aromatic carbocycles. The van der Waals surface area contributed by atoms with Crippen LogP contribution in [-0.2, 0) is 9.59 Å². The Morgan fingerprint density at radius 3 is 2.50 bits per heavy atom. The van der Waals surface area contributed by atoms with E-state index in [1.807, 2.05) is 37.3 Å². The summed E-state index contributed by atoms with van der Waals surface area (Å²) in [5.74, 6) is 0.107. The SMILES string of the molecule is C[C@H](C(=O)NC1CCCCC1)N1CCC[C@H](C(=O)Nc2ccccc2)C1. The van der Waals surface area contributed by atoms with Gasteiger partial charge in [0.1, 0.15) is 0 Å². The molecule has 2 aliphatic rings. The quantitative estimate of drug-likeness (QED) is 0.851. The molecule has 0 radical (unpaired) electrons. The number of carbonyl (C=O) groups is 2. The molecule has 5 nitrogen and oxygen atoms in total. The fourth-order valence-corrected chi connectivity index (χ4v) is 4.07. The van der Waals surface area contributed by atoms with Gasteiger partial charge in [-0.3, -0.25) is 14.5 Å². The van der Waals surface area contributed by atoms with Crippen LogP contribution in [0.15, 0.2) is 30.3 Å². The molecular weight excluding hydrogens is 326 g/mol. The topological polar surface area (TPSA) is 61.4 Å². The number of benzene rings is 1. The lowest BCUT2D eigenvalue weighted by atomic mass is 9.94. The highest BCUT2D eigenvalue weighted by atomic mass is 16.2. The van der Waals surface area contributed by atoms with E-state index < -0.39 is 0 Å². The normalized spacial score (nSPS) is 23.2. The summed E-state index contributed by atoms with van der Waals surface area (Å²) in [5.41, 5.74) is 0.831. The predicted molar refractivity (Wildman–Crippen MR) is 104 cm³/mol. The van der Waals surface area contributed by atoms with Crippen molar-refractivity contribution in [3.63, 3.8) is 0 Å². The van der Waals surface area contributed by atoms with Crippen molar-refractivity contribution in [2.75, 3.05) is 18.4 Å². The van der Waals surface area contributed by atoms with E-state index in [1.165, 1.54) is 19.3 Å². The molecule has 142 valence electrons. The third kappa shape index (κ3) is 5.07. The molecular formula is C21H31N3O2. The van der Waals surface area contributed by atoms with Crippen LogP contribution in [0.5, 0.6) is 0 Å². The van der Waals surface area contributed by atoms with Crippen molar-refractivity contribution in [2.24, 2.45) is 5.92 Å². The number of amides is 2. The minimum atomic E-state index is -0.177. The molecule has 0 unspecified atom stereocenters. The lowest BCUT2D eigenvalue weighted by molar-refractivity contribution is -0.129. The fourth-order valence-electron chi connectivity index (χ4n) is 4.07. The number of rotatable bonds is 5. The summed E-state index contributed by atoms with van der Waals surface area (Å²) in [7, 11) is 0. The largest absolute Gasteiger partial charge is 0.352 e. The summed E-state index contributed by atoms with van der Waals surface area (Å²) in [5, 5.41) is 6.22. The lowest BCUT2D eigenvalue weighted by Crippen LogP contribution is -2.52. The summed E-state index contributed by atoms with van der Waals surface area (Å²) in [6.07, 6.45) is 7.74. The highest BCUT2D eigenvalue weighted by Crippen LogP contribution is 2.22. The molecule has 2 fully saturated rings. The Morgan fingerprint density at radius 2 is 1.77 bits per heavy atom. The van der Waals surface area contributed by atoms with Crippen molar-refractivity contribution < 1.29 is 9.59 Å². The van der Waals surface area contributed by atoms with Gasteiger partial charge in [-0.05, 0) is 51.3 Å². The third-order valence-corrected chi connectivity index (χ3v) is 5.74. The summed E-state index contributed by atoms with van der Waals surface area (Å²) < 4.78 is 0. The van der Waals surface area contributed by atoms with E-state index in [-0.39, 0.29) is 23.8 Å². The number of piperidine rings is 1. The minimum absolute atomic E-state index is 0.0563. The van der Waals surface area contributed by atoms with Crippen molar-refractivity contribution in [3.05, 3.63) is 30.3 Å². The first-order valence-corrected chi connectivity index (χ1v) is 10.0. The standard InChI is InChI=1S/C21H31N3O2/c1-16(20(25)22-18-10-4-2-5-11-18)24-14-8-9-17(15-24)21(26)23-19-12-6-3-7-13-19/h3,6-7,12-13,16-18H,2,4-5,8-11,14-15H2,1H3,(H,22,25)(H,23,26)/t16-,17+/m1/s1. The second-order valence-electron chi connectivity index (χ2n) is 7.71. The maximum absolute atomic E-state index is 12.6. The first-order valence-electron chi connectivity index (χ1n) is 10.0. The van der Waals surface area contributed by atoms with Crippen molar-refractivity contribution in [3.8, 4) is 0 Å². The molecule has 1 heterocycles. The van der Waals surface area contributed by atoms with Crippen LogP contribution < -0.4 is 10.6 Å².